The summed E-state index contributed by atoms with van der Waals surface area (Å²) in [7, 11) is -3.75. The highest BCUT2D eigenvalue weighted by Gasteiger charge is 2.22. The lowest BCUT2D eigenvalue weighted by Gasteiger charge is -2.15. The van der Waals surface area contributed by atoms with Crippen LogP contribution >= 0.6 is 0 Å². The third-order valence-electron chi connectivity index (χ3n) is 4.82. The molecule has 0 saturated heterocycles. The molecule has 2 aromatic carbocycles. The molecule has 0 aromatic heterocycles. The lowest BCUT2D eigenvalue weighted by molar-refractivity contribution is 0.254. The predicted molar refractivity (Wildman–Crippen MR) is 121 cm³/mol. The van der Waals surface area contributed by atoms with Gasteiger partial charge in [0.2, 0.25) is 10.0 Å². The van der Waals surface area contributed by atoms with E-state index in [1.54, 1.807) is 6.07 Å². The fourth-order valence-corrected chi connectivity index (χ4v) is 4.01. The number of hydrogen-bond donors (Lipinski definition) is 3. The van der Waals surface area contributed by atoms with Crippen molar-refractivity contribution in [2.24, 2.45) is 10.1 Å². The number of nitrogens with one attached hydrogen (secondary N) is 2. The summed E-state index contributed by atoms with van der Waals surface area (Å²) in [5.41, 5.74) is 2.89. The summed E-state index contributed by atoms with van der Waals surface area (Å²) < 4.78 is 34.9. The molecule has 1 aliphatic rings. The number of nitrogens with zero attached hydrogens (tertiary/aromatic N) is 1. The predicted octanol–water partition coefficient (Wildman–Crippen LogP) is 2.31. The van der Waals surface area contributed by atoms with Gasteiger partial charge in [0.25, 0.3) is 0 Å². The molecule has 8 nitrogen and oxygen atoms in total. The summed E-state index contributed by atoms with van der Waals surface area (Å²) in [4.78, 5) is 4.64. The monoisotopic (exact) mass is 446 g/mol. The molecule has 168 valence electrons. The molecule has 1 heterocycles. The number of sulfonamides is 1. The van der Waals surface area contributed by atoms with Gasteiger partial charge in [-0.2, -0.15) is 0 Å². The fourth-order valence-electron chi connectivity index (χ4n) is 3.42. The molecule has 0 fully saturated rings. The summed E-state index contributed by atoms with van der Waals surface area (Å²) in [6, 6.07) is 10.6. The first-order valence-electron chi connectivity index (χ1n) is 10.4. The van der Waals surface area contributed by atoms with Crippen LogP contribution in [0.3, 0.4) is 0 Å². The van der Waals surface area contributed by atoms with Gasteiger partial charge in [-0.05, 0) is 50.6 Å². The van der Waals surface area contributed by atoms with Gasteiger partial charge in [0, 0.05) is 30.6 Å². The quantitative estimate of drug-likeness (QED) is 0.423. The van der Waals surface area contributed by atoms with Gasteiger partial charge < -0.3 is 20.1 Å². The fraction of sp³-hybridized carbons (Fsp3) is 0.409. The van der Waals surface area contributed by atoms with E-state index in [4.69, 9.17) is 14.6 Å². The Bertz CT molecular complexity index is 1050. The number of fused-ring (bicyclic) bond motifs is 1. The largest absolute Gasteiger partial charge is 0.494 e. The zero-order valence-corrected chi connectivity index (χ0v) is 19.0. The summed E-state index contributed by atoms with van der Waals surface area (Å²) in [6.45, 7) is 8.08. The molecule has 1 atom stereocenters. The molecule has 0 amide bonds. The van der Waals surface area contributed by atoms with Crippen LogP contribution in [0.2, 0.25) is 0 Å². The van der Waals surface area contributed by atoms with E-state index in [0.717, 1.165) is 34.6 Å². The molecule has 1 aliphatic heterocycles. The minimum Gasteiger partial charge on any atom is -0.494 e. The molecule has 0 spiro atoms. The van der Waals surface area contributed by atoms with Crippen molar-refractivity contribution in [2.45, 2.75) is 51.3 Å². The van der Waals surface area contributed by atoms with Crippen LogP contribution in [0.15, 0.2) is 46.3 Å². The van der Waals surface area contributed by atoms with Gasteiger partial charge in [0.05, 0.1) is 18.0 Å². The summed E-state index contributed by atoms with van der Waals surface area (Å²) in [6.07, 6.45) is 1.05. The minimum atomic E-state index is -3.75. The maximum Gasteiger partial charge on any atom is 0.238 e. The lowest BCUT2D eigenvalue weighted by Crippen LogP contribution is -2.36. The highest BCUT2D eigenvalue weighted by molar-refractivity contribution is 7.89. The number of rotatable bonds is 8. The Hall–Kier alpha value is -2.78. The summed E-state index contributed by atoms with van der Waals surface area (Å²) >= 11 is 0. The molecule has 1 unspecified atom stereocenters. The Kier molecular flexibility index (Phi) is 7.40. The zero-order chi connectivity index (χ0) is 22.4. The van der Waals surface area contributed by atoms with Crippen molar-refractivity contribution >= 4 is 16.0 Å². The third-order valence-corrected chi connectivity index (χ3v) is 5.73. The van der Waals surface area contributed by atoms with Gasteiger partial charge in [-0.15, -0.1) is 0 Å². The van der Waals surface area contributed by atoms with E-state index in [9.17, 15) is 8.42 Å². The van der Waals surface area contributed by atoms with Crippen LogP contribution in [0.5, 0.6) is 11.5 Å². The maximum atomic E-state index is 11.6. The standard InChI is InChI=1S/C22H30N4O4S/c1-4-24-22(25-13-16-7-6-8-19(10-16)31(23,27)28)26-14-18-12-21-17(9-15(3)30-21)11-20(18)29-5-2/h6-8,10-12,15H,4-5,9,13-14H2,1-3H3,(H2,23,27,28)(H2,24,25,26). The molecule has 2 aromatic rings. The van der Waals surface area contributed by atoms with E-state index in [2.05, 4.69) is 28.6 Å². The Labute approximate surface area is 183 Å². The van der Waals surface area contributed by atoms with Crippen molar-refractivity contribution in [1.29, 1.82) is 0 Å². The van der Waals surface area contributed by atoms with Gasteiger partial charge in [-0.1, -0.05) is 12.1 Å². The van der Waals surface area contributed by atoms with Gasteiger partial charge in [0.15, 0.2) is 5.96 Å². The van der Waals surface area contributed by atoms with Crippen molar-refractivity contribution in [3.8, 4) is 11.5 Å². The summed E-state index contributed by atoms with van der Waals surface area (Å²) in [5, 5.41) is 11.7. The number of guanidine groups is 1. The van der Waals surface area contributed by atoms with E-state index in [1.807, 2.05) is 26.0 Å². The van der Waals surface area contributed by atoms with Gasteiger partial charge >= 0.3 is 0 Å². The lowest BCUT2D eigenvalue weighted by atomic mass is 10.1. The molecule has 9 heteroatoms. The molecular weight excluding hydrogens is 416 g/mol. The normalized spacial score (nSPS) is 15.9. The highest BCUT2D eigenvalue weighted by Crippen LogP contribution is 2.35. The van der Waals surface area contributed by atoms with Crippen LogP contribution < -0.4 is 25.2 Å². The molecule has 0 bridgehead atoms. The van der Waals surface area contributed by atoms with E-state index in [-0.39, 0.29) is 11.0 Å². The first kappa shape index (κ1) is 22.9. The topological polar surface area (TPSA) is 115 Å². The molecule has 0 radical (unpaired) electrons. The zero-order valence-electron chi connectivity index (χ0n) is 18.1. The van der Waals surface area contributed by atoms with Crippen LogP contribution in [0, 0.1) is 0 Å². The number of primary sulfonamides is 1. The molecule has 3 rings (SSSR count). The van der Waals surface area contributed by atoms with Crippen molar-refractivity contribution in [3.63, 3.8) is 0 Å². The number of benzene rings is 2. The van der Waals surface area contributed by atoms with Crippen molar-refractivity contribution < 1.29 is 17.9 Å². The second kappa shape index (κ2) is 10.0. The first-order valence-corrected chi connectivity index (χ1v) is 11.9. The summed E-state index contributed by atoms with van der Waals surface area (Å²) in [5.74, 6) is 2.35. The van der Waals surface area contributed by atoms with Gasteiger partial charge in [-0.25, -0.2) is 18.5 Å². The maximum absolute atomic E-state index is 11.6. The Morgan fingerprint density at radius 1 is 1.26 bits per heavy atom. The van der Waals surface area contributed by atoms with E-state index in [1.165, 1.54) is 12.1 Å². The van der Waals surface area contributed by atoms with E-state index in [0.29, 0.717) is 32.2 Å². The van der Waals surface area contributed by atoms with Crippen LogP contribution in [0.25, 0.3) is 0 Å². The first-order chi connectivity index (χ1) is 14.8. The van der Waals surface area contributed by atoms with Crippen molar-refractivity contribution in [2.75, 3.05) is 13.2 Å². The Balaban J connectivity index is 1.74. The average Bonchev–Trinajstić information content (AvgIpc) is 3.08. The smallest absolute Gasteiger partial charge is 0.238 e. The molecular formula is C22H30N4O4S. The number of aliphatic imine (C=N–C) groups is 1. The van der Waals surface area contributed by atoms with Crippen LogP contribution in [-0.2, 0) is 29.5 Å². The molecule has 0 saturated carbocycles. The second-order valence-electron chi connectivity index (χ2n) is 7.37. The molecule has 31 heavy (non-hydrogen) atoms. The number of nitrogens with two attached hydrogens (primary N) is 1. The average molecular weight is 447 g/mol. The van der Waals surface area contributed by atoms with Crippen LogP contribution in [-0.4, -0.2) is 33.6 Å². The van der Waals surface area contributed by atoms with Crippen LogP contribution in [0.4, 0.5) is 0 Å². The van der Waals surface area contributed by atoms with Crippen molar-refractivity contribution in [3.05, 3.63) is 53.1 Å². The van der Waals surface area contributed by atoms with Gasteiger partial charge in [-0.3, -0.25) is 0 Å². The molecule has 4 N–H and O–H groups in total. The Morgan fingerprint density at radius 2 is 2.06 bits per heavy atom. The SMILES string of the molecule is CCNC(=NCc1cccc(S(N)(=O)=O)c1)NCc1cc2c(cc1OCC)CC(C)O2. The van der Waals surface area contributed by atoms with Crippen LogP contribution in [0.1, 0.15) is 37.5 Å². The Morgan fingerprint density at radius 3 is 2.77 bits per heavy atom. The second-order valence-corrected chi connectivity index (χ2v) is 8.94. The number of ether oxygens (including phenoxy) is 2. The highest BCUT2D eigenvalue weighted by atomic mass is 32.2. The minimum absolute atomic E-state index is 0.0758. The number of hydrogen-bond acceptors (Lipinski definition) is 5. The van der Waals surface area contributed by atoms with Crippen molar-refractivity contribution in [1.82, 2.24) is 10.6 Å². The van der Waals surface area contributed by atoms with Gasteiger partial charge in [0.1, 0.15) is 17.6 Å². The molecule has 0 aliphatic carbocycles. The van der Waals surface area contributed by atoms with E-state index >= 15 is 0 Å². The third kappa shape index (κ3) is 6.11. The van der Waals surface area contributed by atoms with E-state index < -0.39 is 10.0 Å².